The Balaban J connectivity index is 2.35. The molecule has 0 aromatic carbocycles. The highest BCUT2D eigenvalue weighted by molar-refractivity contribution is 7.78. The summed E-state index contributed by atoms with van der Waals surface area (Å²) < 4.78 is 8.71. The highest BCUT2D eigenvalue weighted by Crippen LogP contribution is 2.07. The molecular formula is C6H9NOS. The number of hydrogen-bond acceptors (Lipinski definition) is 3. The van der Waals surface area contributed by atoms with Crippen molar-refractivity contribution in [3.8, 4) is 0 Å². The number of allylic oxidation sites excluding steroid dienone is 1. The molecule has 3 heteroatoms. The van der Waals surface area contributed by atoms with E-state index in [-0.39, 0.29) is 6.10 Å². The molecule has 1 aliphatic rings. The SMILES string of the molecule is S/N=C/C1CCC=CO1. The first-order chi connectivity index (χ1) is 4.43. The first kappa shape index (κ1) is 6.68. The van der Waals surface area contributed by atoms with Gasteiger partial charge in [0, 0.05) is 0 Å². The molecule has 1 atom stereocenters. The molecule has 0 N–H and O–H groups in total. The van der Waals surface area contributed by atoms with Gasteiger partial charge in [0.15, 0.2) is 0 Å². The molecule has 0 spiro atoms. The van der Waals surface area contributed by atoms with Crippen LogP contribution in [0.4, 0.5) is 0 Å². The Morgan fingerprint density at radius 2 is 2.67 bits per heavy atom. The fourth-order valence-electron chi connectivity index (χ4n) is 0.737. The molecule has 50 valence electrons. The van der Waals surface area contributed by atoms with Gasteiger partial charge in [-0.25, -0.2) is 4.40 Å². The predicted octanol–water partition coefficient (Wildman–Crippen LogP) is 1.59. The largest absolute Gasteiger partial charge is 0.493 e. The second-order valence-corrected chi connectivity index (χ2v) is 2.12. The van der Waals surface area contributed by atoms with Crippen LogP contribution in [0.25, 0.3) is 0 Å². The third-order valence-electron chi connectivity index (χ3n) is 1.20. The highest BCUT2D eigenvalue weighted by Gasteiger charge is 2.05. The summed E-state index contributed by atoms with van der Waals surface area (Å²) in [5, 5.41) is 0. The third-order valence-corrected chi connectivity index (χ3v) is 1.33. The zero-order valence-electron chi connectivity index (χ0n) is 5.03. The Kier molecular flexibility index (Phi) is 2.64. The summed E-state index contributed by atoms with van der Waals surface area (Å²) in [6, 6.07) is 0. The van der Waals surface area contributed by atoms with Crippen LogP contribution >= 0.6 is 12.8 Å². The molecule has 0 aliphatic carbocycles. The number of rotatable bonds is 1. The summed E-state index contributed by atoms with van der Waals surface area (Å²) in [6.07, 6.45) is 7.65. The molecule has 1 aliphatic heterocycles. The van der Waals surface area contributed by atoms with Gasteiger partial charge in [0.25, 0.3) is 0 Å². The van der Waals surface area contributed by atoms with Gasteiger partial charge in [-0.15, -0.1) is 0 Å². The average molecular weight is 143 g/mol. The van der Waals surface area contributed by atoms with Gasteiger partial charge in [0.2, 0.25) is 0 Å². The molecular weight excluding hydrogens is 134 g/mol. The third kappa shape index (κ3) is 2.10. The standard InChI is InChI=1S/C6H9NOS/c9-7-5-6-3-1-2-4-8-6/h2,4-6,9H,1,3H2/b7-5+. The van der Waals surface area contributed by atoms with E-state index in [1.807, 2.05) is 6.08 Å². The van der Waals surface area contributed by atoms with Gasteiger partial charge in [0.05, 0.1) is 12.5 Å². The highest BCUT2D eigenvalue weighted by atomic mass is 32.1. The van der Waals surface area contributed by atoms with E-state index in [4.69, 9.17) is 4.74 Å². The molecule has 1 unspecified atom stereocenters. The van der Waals surface area contributed by atoms with Crippen molar-refractivity contribution in [2.45, 2.75) is 18.9 Å². The van der Waals surface area contributed by atoms with E-state index in [2.05, 4.69) is 17.2 Å². The zero-order valence-corrected chi connectivity index (χ0v) is 5.92. The monoisotopic (exact) mass is 143 g/mol. The predicted molar refractivity (Wildman–Crippen MR) is 40.7 cm³/mol. The Hall–Kier alpha value is -0.440. The maximum atomic E-state index is 5.14. The zero-order chi connectivity index (χ0) is 6.53. The van der Waals surface area contributed by atoms with Gasteiger partial charge in [-0.1, -0.05) is 0 Å². The van der Waals surface area contributed by atoms with Crippen molar-refractivity contribution in [2.24, 2.45) is 4.40 Å². The summed E-state index contributed by atoms with van der Waals surface area (Å²) in [7, 11) is 0. The summed E-state index contributed by atoms with van der Waals surface area (Å²) in [5.74, 6) is 0. The first-order valence-electron chi connectivity index (χ1n) is 2.91. The smallest absolute Gasteiger partial charge is 0.134 e. The summed E-state index contributed by atoms with van der Waals surface area (Å²) in [4.78, 5) is 0. The van der Waals surface area contributed by atoms with Crippen LogP contribution in [0.1, 0.15) is 12.8 Å². The maximum absolute atomic E-state index is 5.14. The second kappa shape index (κ2) is 3.56. The minimum atomic E-state index is 0.146. The van der Waals surface area contributed by atoms with Gasteiger partial charge in [-0.3, -0.25) is 0 Å². The van der Waals surface area contributed by atoms with Crippen LogP contribution < -0.4 is 0 Å². The number of nitrogens with zero attached hydrogens (tertiary/aromatic N) is 1. The fraction of sp³-hybridized carbons (Fsp3) is 0.500. The molecule has 2 nitrogen and oxygen atoms in total. The van der Waals surface area contributed by atoms with Crippen LogP contribution in [-0.4, -0.2) is 12.3 Å². The lowest BCUT2D eigenvalue weighted by atomic mass is 10.2. The lowest BCUT2D eigenvalue weighted by Crippen LogP contribution is -2.12. The normalized spacial score (nSPS) is 26.6. The van der Waals surface area contributed by atoms with E-state index in [9.17, 15) is 0 Å². The van der Waals surface area contributed by atoms with Gasteiger partial charge in [-0.05, 0) is 31.7 Å². The van der Waals surface area contributed by atoms with Crippen LogP contribution in [0, 0.1) is 0 Å². The van der Waals surface area contributed by atoms with Crippen molar-refractivity contribution in [3.63, 3.8) is 0 Å². The minimum absolute atomic E-state index is 0.146. The lowest BCUT2D eigenvalue weighted by molar-refractivity contribution is 0.185. The molecule has 0 aromatic heterocycles. The number of ether oxygens (including phenoxy) is 1. The van der Waals surface area contributed by atoms with E-state index in [0.29, 0.717) is 0 Å². The molecule has 0 bridgehead atoms. The average Bonchev–Trinajstić information content (AvgIpc) is 1.91. The Labute approximate surface area is 60.2 Å². The fourth-order valence-corrected chi connectivity index (χ4v) is 0.886. The molecule has 1 rings (SSSR count). The molecule has 1 heterocycles. The molecule has 0 amide bonds. The number of hydrogen-bond donors (Lipinski definition) is 1. The van der Waals surface area contributed by atoms with Crippen molar-refractivity contribution in [1.29, 1.82) is 0 Å². The van der Waals surface area contributed by atoms with Crippen LogP contribution in [0.15, 0.2) is 16.7 Å². The summed E-state index contributed by atoms with van der Waals surface area (Å²) in [5.41, 5.74) is 0. The molecule has 0 fully saturated rings. The Bertz CT molecular complexity index is 133. The van der Waals surface area contributed by atoms with Gasteiger partial charge >= 0.3 is 0 Å². The van der Waals surface area contributed by atoms with Crippen LogP contribution in [0.3, 0.4) is 0 Å². The van der Waals surface area contributed by atoms with Crippen molar-refractivity contribution in [2.75, 3.05) is 0 Å². The Morgan fingerprint density at radius 1 is 1.78 bits per heavy atom. The van der Waals surface area contributed by atoms with Gasteiger partial charge in [-0.2, -0.15) is 0 Å². The van der Waals surface area contributed by atoms with E-state index >= 15 is 0 Å². The van der Waals surface area contributed by atoms with E-state index in [1.165, 1.54) is 0 Å². The Morgan fingerprint density at radius 3 is 3.22 bits per heavy atom. The topological polar surface area (TPSA) is 21.6 Å². The molecule has 0 saturated heterocycles. The minimum Gasteiger partial charge on any atom is -0.493 e. The van der Waals surface area contributed by atoms with Crippen molar-refractivity contribution in [3.05, 3.63) is 12.3 Å². The maximum Gasteiger partial charge on any atom is 0.134 e. The van der Waals surface area contributed by atoms with E-state index < -0.39 is 0 Å². The second-order valence-electron chi connectivity index (χ2n) is 1.89. The van der Waals surface area contributed by atoms with Crippen molar-refractivity contribution < 1.29 is 4.74 Å². The quantitative estimate of drug-likeness (QED) is 0.437. The first-order valence-corrected chi connectivity index (χ1v) is 3.31. The molecule has 0 radical (unpaired) electrons. The lowest BCUT2D eigenvalue weighted by Gasteiger charge is -2.13. The van der Waals surface area contributed by atoms with Crippen LogP contribution in [0.5, 0.6) is 0 Å². The summed E-state index contributed by atoms with van der Waals surface area (Å²) >= 11 is 3.70. The van der Waals surface area contributed by atoms with Gasteiger partial charge < -0.3 is 4.74 Å². The summed E-state index contributed by atoms with van der Waals surface area (Å²) in [6.45, 7) is 0. The molecule has 0 saturated carbocycles. The van der Waals surface area contributed by atoms with E-state index in [0.717, 1.165) is 12.8 Å². The number of thiol groups is 1. The van der Waals surface area contributed by atoms with Crippen molar-refractivity contribution in [1.82, 2.24) is 0 Å². The van der Waals surface area contributed by atoms with Crippen LogP contribution in [-0.2, 0) is 4.74 Å². The molecule has 0 aromatic rings. The molecule has 9 heavy (non-hydrogen) atoms. The van der Waals surface area contributed by atoms with E-state index in [1.54, 1.807) is 12.5 Å². The van der Waals surface area contributed by atoms with Crippen molar-refractivity contribution >= 4 is 19.0 Å². The van der Waals surface area contributed by atoms with Crippen LogP contribution in [0.2, 0.25) is 0 Å². The van der Waals surface area contributed by atoms with Gasteiger partial charge in [0.1, 0.15) is 6.10 Å².